The molecule has 1 atom stereocenters. The molecule has 3 nitrogen and oxygen atoms in total. The van der Waals surface area contributed by atoms with Gasteiger partial charge in [0.2, 0.25) is 0 Å². The summed E-state index contributed by atoms with van der Waals surface area (Å²) in [6.07, 6.45) is 5.87. The van der Waals surface area contributed by atoms with Gasteiger partial charge in [-0.1, -0.05) is 36.2 Å². The van der Waals surface area contributed by atoms with Crippen molar-refractivity contribution in [1.82, 2.24) is 9.13 Å². The normalized spacial score (nSPS) is 13.0. The van der Waals surface area contributed by atoms with Crippen molar-refractivity contribution in [1.29, 1.82) is 0 Å². The highest BCUT2D eigenvalue weighted by Gasteiger charge is 2.08. The number of hydrogen-bond donors (Lipinski definition) is 0. The van der Waals surface area contributed by atoms with Crippen molar-refractivity contribution in [3.63, 3.8) is 0 Å². The largest absolute Gasteiger partial charge is 0.328 e. The van der Waals surface area contributed by atoms with E-state index in [2.05, 4.69) is 29.8 Å². The lowest BCUT2D eigenvalue weighted by Gasteiger charge is -2.10. The fourth-order valence-electron chi connectivity index (χ4n) is 1.57. The Bertz CT molecular complexity index is 339. The molecule has 0 amide bonds. The maximum atomic E-state index is 11.8. The Morgan fingerprint density at radius 2 is 2.00 bits per heavy atom. The van der Waals surface area contributed by atoms with Gasteiger partial charge >= 0.3 is 5.69 Å². The summed E-state index contributed by atoms with van der Waals surface area (Å²) in [5.41, 5.74) is 0.122. The highest BCUT2D eigenvalue weighted by atomic mass is 79.9. The van der Waals surface area contributed by atoms with E-state index >= 15 is 0 Å². The summed E-state index contributed by atoms with van der Waals surface area (Å²) in [5, 5.41) is 0.953. The lowest BCUT2D eigenvalue weighted by molar-refractivity contribution is 0.462. The third-order valence-electron chi connectivity index (χ3n) is 2.63. The highest BCUT2D eigenvalue weighted by Crippen LogP contribution is 2.08. The maximum absolute atomic E-state index is 11.8. The molecule has 1 aromatic heterocycles. The van der Waals surface area contributed by atoms with Gasteiger partial charge in [-0.05, 0) is 12.3 Å². The van der Waals surface area contributed by atoms with Gasteiger partial charge in [0.1, 0.15) is 0 Å². The fraction of sp³-hybridized carbons (Fsp3) is 0.727. The van der Waals surface area contributed by atoms with E-state index in [9.17, 15) is 4.79 Å². The molecule has 15 heavy (non-hydrogen) atoms. The Labute approximate surface area is 99.2 Å². The number of hydrogen-bond acceptors (Lipinski definition) is 1. The van der Waals surface area contributed by atoms with Gasteiger partial charge in [0.15, 0.2) is 0 Å². The van der Waals surface area contributed by atoms with E-state index in [4.69, 9.17) is 0 Å². The van der Waals surface area contributed by atoms with Gasteiger partial charge in [-0.15, -0.1) is 0 Å². The minimum absolute atomic E-state index is 0.122. The lowest BCUT2D eigenvalue weighted by atomic mass is 10.1. The summed E-state index contributed by atoms with van der Waals surface area (Å²) in [6, 6.07) is 0. The highest BCUT2D eigenvalue weighted by molar-refractivity contribution is 9.09. The summed E-state index contributed by atoms with van der Waals surface area (Å²) >= 11 is 3.47. The molecule has 1 unspecified atom stereocenters. The van der Waals surface area contributed by atoms with Gasteiger partial charge in [-0.25, -0.2) is 4.79 Å². The summed E-state index contributed by atoms with van der Waals surface area (Å²) in [6.45, 7) is 5.87. The molecule has 0 aromatic carbocycles. The number of aromatic nitrogens is 2. The zero-order valence-electron chi connectivity index (χ0n) is 9.45. The zero-order chi connectivity index (χ0) is 11.3. The van der Waals surface area contributed by atoms with Crippen molar-refractivity contribution in [3.05, 3.63) is 22.9 Å². The standard InChI is InChI=1S/C11H19BrN2O/c1-3-5-13-6-7-14(11(13)15)9-10(4-2)8-12/h6-7,10H,3-5,8-9H2,1-2H3. The van der Waals surface area contributed by atoms with Crippen molar-refractivity contribution in [2.24, 2.45) is 5.92 Å². The number of aryl methyl sites for hydroxylation is 1. The minimum Gasteiger partial charge on any atom is -0.299 e. The number of nitrogens with zero attached hydrogens (tertiary/aromatic N) is 2. The van der Waals surface area contributed by atoms with Crippen molar-refractivity contribution >= 4 is 15.9 Å². The van der Waals surface area contributed by atoms with Crippen molar-refractivity contribution in [2.75, 3.05) is 5.33 Å². The number of halogens is 1. The minimum atomic E-state index is 0.122. The summed E-state index contributed by atoms with van der Waals surface area (Å²) in [4.78, 5) is 11.8. The van der Waals surface area contributed by atoms with Crippen LogP contribution in [0.5, 0.6) is 0 Å². The zero-order valence-corrected chi connectivity index (χ0v) is 11.0. The molecule has 0 N–H and O–H groups in total. The van der Waals surface area contributed by atoms with E-state index < -0.39 is 0 Å². The van der Waals surface area contributed by atoms with Crippen LogP contribution >= 0.6 is 15.9 Å². The van der Waals surface area contributed by atoms with Gasteiger partial charge in [0.25, 0.3) is 0 Å². The molecule has 0 bridgehead atoms. The molecule has 1 aromatic rings. The number of alkyl halides is 1. The van der Waals surface area contributed by atoms with Crippen LogP contribution in [-0.2, 0) is 13.1 Å². The van der Waals surface area contributed by atoms with Crippen molar-refractivity contribution < 1.29 is 0 Å². The average Bonchev–Trinajstić information content (AvgIpc) is 2.58. The third-order valence-corrected chi connectivity index (χ3v) is 3.55. The second-order valence-electron chi connectivity index (χ2n) is 3.86. The van der Waals surface area contributed by atoms with E-state index in [-0.39, 0.29) is 5.69 Å². The van der Waals surface area contributed by atoms with Crippen LogP contribution in [0, 0.1) is 5.92 Å². The maximum Gasteiger partial charge on any atom is 0.328 e. The van der Waals surface area contributed by atoms with Crippen LogP contribution < -0.4 is 5.69 Å². The Hall–Kier alpha value is -0.510. The fourth-order valence-corrected chi connectivity index (χ4v) is 2.23. The van der Waals surface area contributed by atoms with Crippen LogP contribution in [-0.4, -0.2) is 14.5 Å². The van der Waals surface area contributed by atoms with Gasteiger partial charge < -0.3 is 0 Å². The topological polar surface area (TPSA) is 26.9 Å². The molecule has 4 heteroatoms. The molecule has 0 radical (unpaired) electrons. The second kappa shape index (κ2) is 6.16. The first-order valence-electron chi connectivity index (χ1n) is 5.54. The van der Waals surface area contributed by atoms with Gasteiger partial charge in [-0.2, -0.15) is 0 Å². The van der Waals surface area contributed by atoms with Crippen LogP contribution in [0.15, 0.2) is 17.2 Å². The Kier molecular flexibility index (Phi) is 5.15. The van der Waals surface area contributed by atoms with Crippen LogP contribution in [0.4, 0.5) is 0 Å². The summed E-state index contributed by atoms with van der Waals surface area (Å²) in [5.74, 6) is 0.542. The Morgan fingerprint density at radius 3 is 2.53 bits per heavy atom. The molecule has 0 aliphatic heterocycles. The number of rotatable bonds is 6. The van der Waals surface area contributed by atoms with Gasteiger partial charge in [-0.3, -0.25) is 9.13 Å². The van der Waals surface area contributed by atoms with E-state index in [0.29, 0.717) is 5.92 Å². The average molecular weight is 275 g/mol. The molecule has 0 spiro atoms. The molecule has 0 saturated heterocycles. The Balaban J connectivity index is 2.74. The molecule has 0 saturated carbocycles. The Morgan fingerprint density at radius 1 is 1.33 bits per heavy atom. The molecule has 0 fully saturated rings. The quantitative estimate of drug-likeness (QED) is 0.733. The van der Waals surface area contributed by atoms with Crippen LogP contribution in [0.2, 0.25) is 0 Å². The SMILES string of the molecule is CCCn1ccn(CC(CC)CBr)c1=O. The third kappa shape index (κ3) is 3.23. The second-order valence-corrected chi connectivity index (χ2v) is 4.50. The van der Waals surface area contributed by atoms with Crippen LogP contribution in [0.25, 0.3) is 0 Å². The van der Waals surface area contributed by atoms with E-state index in [1.807, 2.05) is 17.0 Å². The first kappa shape index (κ1) is 12.6. The van der Waals surface area contributed by atoms with E-state index in [1.54, 1.807) is 4.57 Å². The molecule has 1 heterocycles. The molecule has 86 valence electrons. The molecule has 1 rings (SSSR count). The molecular formula is C11H19BrN2O. The predicted octanol–water partition coefficient (Wildman–Crippen LogP) is 2.48. The van der Waals surface area contributed by atoms with Gasteiger partial charge in [0.05, 0.1) is 0 Å². The van der Waals surface area contributed by atoms with Gasteiger partial charge in [0, 0.05) is 30.8 Å². The number of imidazole rings is 1. The molecule has 0 aliphatic rings. The first-order valence-corrected chi connectivity index (χ1v) is 6.66. The van der Waals surface area contributed by atoms with Crippen molar-refractivity contribution in [3.8, 4) is 0 Å². The van der Waals surface area contributed by atoms with Crippen LogP contribution in [0.3, 0.4) is 0 Å². The monoisotopic (exact) mass is 274 g/mol. The van der Waals surface area contributed by atoms with Crippen LogP contribution in [0.1, 0.15) is 26.7 Å². The smallest absolute Gasteiger partial charge is 0.299 e. The first-order chi connectivity index (χ1) is 7.22. The van der Waals surface area contributed by atoms with E-state index in [1.165, 1.54) is 0 Å². The predicted molar refractivity (Wildman–Crippen MR) is 66.6 cm³/mol. The van der Waals surface area contributed by atoms with E-state index in [0.717, 1.165) is 31.3 Å². The molecular weight excluding hydrogens is 256 g/mol. The summed E-state index contributed by atoms with van der Waals surface area (Å²) in [7, 11) is 0. The summed E-state index contributed by atoms with van der Waals surface area (Å²) < 4.78 is 3.59. The molecule has 0 aliphatic carbocycles. The lowest BCUT2D eigenvalue weighted by Crippen LogP contribution is -2.26. The van der Waals surface area contributed by atoms with Crippen molar-refractivity contribution in [2.45, 2.75) is 39.8 Å².